The molecular weight excluding hydrogens is 212 g/mol. The molecule has 0 aromatic heterocycles. The summed E-state index contributed by atoms with van der Waals surface area (Å²) in [4.78, 5) is 0. The van der Waals surface area contributed by atoms with Crippen molar-refractivity contribution in [3.63, 3.8) is 0 Å². The Bertz CT molecular complexity index is 190. The zero-order chi connectivity index (χ0) is 11.1. The minimum absolute atomic E-state index is 0.148. The molecule has 4 nitrogen and oxygen atoms in total. The fourth-order valence-electron chi connectivity index (χ4n) is 1.17. The first kappa shape index (κ1) is 12.9. The predicted octanol–water partition coefficient (Wildman–Crippen LogP) is 0.789. The first-order chi connectivity index (χ1) is 7.30. The van der Waals surface area contributed by atoms with Gasteiger partial charge in [0.1, 0.15) is 6.10 Å². The largest absolute Gasteiger partial charge is 0.397 e. The summed E-state index contributed by atoms with van der Waals surface area (Å²) in [6.45, 7) is 3.63. The molecule has 0 aliphatic carbocycles. The van der Waals surface area contributed by atoms with Gasteiger partial charge in [-0.3, -0.25) is 0 Å². The molecule has 1 fully saturated rings. The average molecular weight is 232 g/mol. The molecule has 0 radical (unpaired) electrons. The fourth-order valence-corrected chi connectivity index (χ4v) is 2.11. The highest BCUT2D eigenvalue weighted by Gasteiger charge is 2.23. The van der Waals surface area contributed by atoms with E-state index in [1.807, 2.05) is 11.8 Å². The van der Waals surface area contributed by atoms with Crippen LogP contribution in [0.15, 0.2) is 11.8 Å². The molecule has 0 amide bonds. The van der Waals surface area contributed by atoms with E-state index < -0.39 is 9.28 Å². The minimum Gasteiger partial charge on any atom is -0.397 e. The molecule has 88 valence electrons. The van der Waals surface area contributed by atoms with E-state index >= 15 is 0 Å². The zero-order valence-electron chi connectivity index (χ0n) is 9.64. The summed E-state index contributed by atoms with van der Waals surface area (Å²) in [7, 11) is 1.75. The van der Waals surface area contributed by atoms with Crippen molar-refractivity contribution in [3.05, 3.63) is 11.8 Å². The molecule has 1 heterocycles. The zero-order valence-corrected chi connectivity index (χ0v) is 10.8. The Morgan fingerprint density at radius 1 is 1.47 bits per heavy atom. The molecule has 0 spiro atoms. The molecule has 1 aliphatic rings. The van der Waals surface area contributed by atoms with E-state index in [4.69, 9.17) is 18.3 Å². The Balaban J connectivity index is 2.23. The summed E-state index contributed by atoms with van der Waals surface area (Å²) in [5, 5.41) is 0. The first-order valence-electron chi connectivity index (χ1n) is 5.27. The van der Waals surface area contributed by atoms with Gasteiger partial charge in [0.15, 0.2) is 0 Å². The third kappa shape index (κ3) is 5.43. The lowest BCUT2D eigenvalue weighted by Crippen LogP contribution is -2.18. The molecule has 5 heteroatoms. The molecule has 0 saturated carbocycles. The van der Waals surface area contributed by atoms with Gasteiger partial charge in [-0.15, -0.1) is 0 Å². The van der Waals surface area contributed by atoms with E-state index in [1.54, 1.807) is 14.2 Å². The van der Waals surface area contributed by atoms with Gasteiger partial charge in [0.25, 0.3) is 0 Å². The molecule has 2 unspecified atom stereocenters. The van der Waals surface area contributed by atoms with Crippen LogP contribution < -0.4 is 0 Å². The molecule has 1 saturated heterocycles. The van der Waals surface area contributed by atoms with Crippen molar-refractivity contribution in [3.8, 4) is 0 Å². The van der Waals surface area contributed by atoms with Crippen LogP contribution in [0.3, 0.4) is 0 Å². The molecule has 15 heavy (non-hydrogen) atoms. The van der Waals surface area contributed by atoms with Gasteiger partial charge in [0, 0.05) is 14.2 Å². The lowest BCUT2D eigenvalue weighted by atomic mass is 10.3. The molecule has 0 bridgehead atoms. The van der Waals surface area contributed by atoms with Crippen LogP contribution in [0.5, 0.6) is 0 Å². The van der Waals surface area contributed by atoms with Gasteiger partial charge in [-0.1, -0.05) is 13.0 Å². The lowest BCUT2D eigenvalue weighted by molar-refractivity contribution is 0.0699. The van der Waals surface area contributed by atoms with Gasteiger partial charge < -0.3 is 18.3 Å². The van der Waals surface area contributed by atoms with Crippen molar-refractivity contribution < 1.29 is 18.3 Å². The van der Waals surface area contributed by atoms with Crippen molar-refractivity contribution in [2.75, 3.05) is 27.4 Å². The van der Waals surface area contributed by atoms with Crippen LogP contribution >= 0.6 is 0 Å². The maximum atomic E-state index is 5.65. The van der Waals surface area contributed by atoms with Crippen LogP contribution in [0.4, 0.5) is 0 Å². The lowest BCUT2D eigenvalue weighted by Gasteiger charge is -2.12. The number of rotatable bonds is 8. The summed E-state index contributed by atoms with van der Waals surface area (Å²) in [5.41, 5.74) is 2.00. The van der Waals surface area contributed by atoms with Gasteiger partial charge >= 0.3 is 9.28 Å². The predicted molar refractivity (Wildman–Crippen MR) is 60.1 cm³/mol. The summed E-state index contributed by atoms with van der Waals surface area (Å²) < 4.78 is 21.1. The Labute approximate surface area is 93.0 Å². The van der Waals surface area contributed by atoms with E-state index in [1.165, 1.54) is 0 Å². The van der Waals surface area contributed by atoms with E-state index in [0.29, 0.717) is 12.7 Å². The standard InChI is InChI=1S/C10H20O4Si/c1-4-9(13-7-10-8-14-10)5-6-15(11-2)12-3/h5-6,9-10,15H,4,7-8H2,1-3H3. The number of ether oxygens (including phenoxy) is 2. The van der Waals surface area contributed by atoms with Crippen molar-refractivity contribution in [2.45, 2.75) is 25.6 Å². The quantitative estimate of drug-likeness (QED) is 0.458. The molecule has 2 atom stereocenters. The molecule has 0 aromatic rings. The maximum Gasteiger partial charge on any atom is 0.347 e. The van der Waals surface area contributed by atoms with E-state index in [0.717, 1.165) is 13.0 Å². The van der Waals surface area contributed by atoms with Crippen LogP contribution in [-0.2, 0) is 18.3 Å². The summed E-state index contributed by atoms with van der Waals surface area (Å²) in [6.07, 6.45) is 3.46. The number of hydrogen-bond acceptors (Lipinski definition) is 4. The normalized spacial score (nSPS) is 22.5. The van der Waals surface area contributed by atoms with Gasteiger partial charge in [0.05, 0.1) is 19.3 Å². The second-order valence-electron chi connectivity index (χ2n) is 3.46. The topological polar surface area (TPSA) is 40.2 Å². The van der Waals surface area contributed by atoms with Gasteiger partial charge in [-0.25, -0.2) is 0 Å². The second kappa shape index (κ2) is 7.13. The first-order valence-corrected chi connectivity index (χ1v) is 6.88. The Morgan fingerprint density at radius 3 is 2.60 bits per heavy atom. The molecular formula is C10H20O4Si. The maximum absolute atomic E-state index is 5.65. The Kier molecular flexibility index (Phi) is 6.12. The van der Waals surface area contributed by atoms with E-state index in [2.05, 4.69) is 6.92 Å². The molecule has 0 N–H and O–H groups in total. The smallest absolute Gasteiger partial charge is 0.347 e. The molecule has 0 aromatic carbocycles. The van der Waals surface area contributed by atoms with Gasteiger partial charge in [-0.05, 0) is 12.1 Å². The monoisotopic (exact) mass is 232 g/mol. The van der Waals surface area contributed by atoms with E-state index in [-0.39, 0.29) is 6.10 Å². The van der Waals surface area contributed by atoms with Crippen molar-refractivity contribution >= 4 is 9.28 Å². The van der Waals surface area contributed by atoms with Crippen LogP contribution in [0.2, 0.25) is 0 Å². The van der Waals surface area contributed by atoms with Gasteiger partial charge in [0.2, 0.25) is 0 Å². The molecule has 1 rings (SSSR count). The third-order valence-corrected chi connectivity index (χ3v) is 3.71. The van der Waals surface area contributed by atoms with Crippen LogP contribution in [0, 0.1) is 0 Å². The van der Waals surface area contributed by atoms with Gasteiger partial charge in [-0.2, -0.15) is 0 Å². The number of epoxide rings is 1. The van der Waals surface area contributed by atoms with Crippen molar-refractivity contribution in [1.82, 2.24) is 0 Å². The van der Waals surface area contributed by atoms with E-state index in [9.17, 15) is 0 Å². The van der Waals surface area contributed by atoms with Crippen LogP contribution in [0.1, 0.15) is 13.3 Å². The van der Waals surface area contributed by atoms with Crippen LogP contribution in [-0.4, -0.2) is 48.9 Å². The number of hydrogen-bond donors (Lipinski definition) is 0. The second-order valence-corrected chi connectivity index (χ2v) is 5.52. The summed E-state index contributed by atoms with van der Waals surface area (Å²) in [5.74, 6) is 0. The summed E-state index contributed by atoms with van der Waals surface area (Å²) in [6, 6.07) is 0. The van der Waals surface area contributed by atoms with Crippen molar-refractivity contribution in [1.29, 1.82) is 0 Å². The average Bonchev–Trinajstić information content (AvgIpc) is 3.07. The summed E-state index contributed by atoms with van der Waals surface area (Å²) >= 11 is 0. The fraction of sp³-hybridized carbons (Fsp3) is 0.800. The highest BCUT2D eigenvalue weighted by Crippen LogP contribution is 2.11. The highest BCUT2D eigenvalue weighted by atomic mass is 28.3. The highest BCUT2D eigenvalue weighted by molar-refractivity contribution is 6.50. The molecule has 1 aliphatic heterocycles. The van der Waals surface area contributed by atoms with Crippen LogP contribution in [0.25, 0.3) is 0 Å². The minimum atomic E-state index is -1.59. The third-order valence-electron chi connectivity index (χ3n) is 2.25. The Hall–Kier alpha value is -0.203. The van der Waals surface area contributed by atoms with Crippen molar-refractivity contribution in [2.24, 2.45) is 0 Å². The Morgan fingerprint density at radius 2 is 2.13 bits per heavy atom. The SMILES string of the molecule is CCC(C=C[SiH](OC)OC)OCC1CO1.